The predicted octanol–water partition coefficient (Wildman–Crippen LogP) is 3.99. The van der Waals surface area contributed by atoms with Gasteiger partial charge in [0.2, 0.25) is 11.8 Å². The van der Waals surface area contributed by atoms with Crippen LogP contribution < -0.4 is 9.62 Å². The number of halogens is 1. The Morgan fingerprint density at radius 1 is 0.875 bits per heavy atom. The SMILES string of the molecule is CC[C@@H](C)NC(=O)[C@H](Cc1ccccc1)N(Cc1ccc(F)cc1)C(=O)CN(c1ccccc1)S(=O)(=O)N(C)C. The largest absolute Gasteiger partial charge is 0.352 e. The summed E-state index contributed by atoms with van der Waals surface area (Å²) >= 11 is 0. The summed E-state index contributed by atoms with van der Waals surface area (Å²) in [7, 11) is -1.27. The fourth-order valence-corrected chi connectivity index (χ4v) is 5.15. The molecule has 0 aliphatic rings. The van der Waals surface area contributed by atoms with Crippen LogP contribution in [-0.4, -0.2) is 62.2 Å². The van der Waals surface area contributed by atoms with Gasteiger partial charge < -0.3 is 10.2 Å². The summed E-state index contributed by atoms with van der Waals surface area (Å²) in [5, 5.41) is 2.98. The molecule has 0 aliphatic carbocycles. The van der Waals surface area contributed by atoms with Crippen molar-refractivity contribution < 1.29 is 22.4 Å². The van der Waals surface area contributed by atoms with Gasteiger partial charge in [-0.25, -0.2) is 8.70 Å². The van der Waals surface area contributed by atoms with Crippen LogP contribution in [0.5, 0.6) is 0 Å². The molecule has 0 aliphatic heterocycles. The minimum atomic E-state index is -4.06. The number of rotatable bonds is 13. The quantitative estimate of drug-likeness (QED) is 0.338. The van der Waals surface area contributed by atoms with Crippen LogP contribution in [0.1, 0.15) is 31.4 Å². The maximum Gasteiger partial charge on any atom is 0.304 e. The van der Waals surface area contributed by atoms with E-state index in [0.29, 0.717) is 17.7 Å². The van der Waals surface area contributed by atoms with Crippen LogP contribution in [0.15, 0.2) is 84.9 Å². The van der Waals surface area contributed by atoms with Gasteiger partial charge in [-0.3, -0.25) is 9.59 Å². The van der Waals surface area contributed by atoms with Crippen LogP contribution in [0.3, 0.4) is 0 Å². The van der Waals surface area contributed by atoms with Crippen LogP contribution in [-0.2, 0) is 32.8 Å². The lowest BCUT2D eigenvalue weighted by Crippen LogP contribution is -2.55. The zero-order valence-electron chi connectivity index (χ0n) is 23.3. The first-order valence-electron chi connectivity index (χ1n) is 13.2. The molecule has 214 valence electrons. The summed E-state index contributed by atoms with van der Waals surface area (Å²) < 4.78 is 42.4. The van der Waals surface area contributed by atoms with Crippen LogP contribution in [0.2, 0.25) is 0 Å². The summed E-state index contributed by atoms with van der Waals surface area (Å²) in [5.41, 5.74) is 1.75. The van der Waals surface area contributed by atoms with Crippen LogP contribution in [0, 0.1) is 5.82 Å². The molecule has 2 amide bonds. The van der Waals surface area contributed by atoms with Crippen molar-refractivity contribution in [3.05, 3.63) is 102 Å². The molecule has 0 fully saturated rings. The fourth-order valence-electron chi connectivity index (χ4n) is 4.09. The van der Waals surface area contributed by atoms with Crippen LogP contribution in [0.4, 0.5) is 10.1 Å². The summed E-state index contributed by atoms with van der Waals surface area (Å²) in [6.45, 7) is 3.27. The van der Waals surface area contributed by atoms with Gasteiger partial charge >= 0.3 is 10.2 Å². The van der Waals surface area contributed by atoms with Gasteiger partial charge in [-0.05, 0) is 48.7 Å². The van der Waals surface area contributed by atoms with Crippen molar-refractivity contribution in [2.75, 3.05) is 24.9 Å². The van der Waals surface area contributed by atoms with E-state index in [1.165, 1.54) is 31.1 Å². The lowest BCUT2D eigenvalue weighted by atomic mass is 10.0. The molecule has 3 aromatic carbocycles. The lowest BCUT2D eigenvalue weighted by Gasteiger charge is -2.34. The van der Waals surface area contributed by atoms with Crippen molar-refractivity contribution in [3.63, 3.8) is 0 Å². The Morgan fingerprint density at radius 2 is 1.45 bits per heavy atom. The molecule has 8 nitrogen and oxygen atoms in total. The lowest BCUT2D eigenvalue weighted by molar-refractivity contribution is -0.140. The van der Waals surface area contributed by atoms with Gasteiger partial charge in [0.25, 0.3) is 0 Å². The molecule has 0 aromatic heterocycles. The molecule has 2 atom stereocenters. The highest BCUT2D eigenvalue weighted by Gasteiger charge is 2.35. The third kappa shape index (κ3) is 8.12. The Labute approximate surface area is 236 Å². The minimum Gasteiger partial charge on any atom is -0.352 e. The van der Waals surface area contributed by atoms with E-state index in [1.54, 1.807) is 42.5 Å². The number of nitrogens with zero attached hydrogens (tertiary/aromatic N) is 3. The number of hydrogen-bond acceptors (Lipinski definition) is 4. The fraction of sp³-hybridized carbons (Fsp3) is 0.333. The number of anilines is 1. The van der Waals surface area contributed by atoms with E-state index in [1.807, 2.05) is 44.2 Å². The van der Waals surface area contributed by atoms with E-state index in [9.17, 15) is 22.4 Å². The van der Waals surface area contributed by atoms with E-state index in [0.717, 1.165) is 14.2 Å². The Bertz CT molecular complexity index is 1350. The van der Waals surface area contributed by atoms with E-state index in [-0.39, 0.29) is 24.9 Å². The highest BCUT2D eigenvalue weighted by atomic mass is 32.2. The molecular formula is C30H37FN4O4S. The molecular weight excluding hydrogens is 531 g/mol. The molecule has 3 aromatic rings. The van der Waals surface area contributed by atoms with E-state index in [4.69, 9.17) is 0 Å². The number of nitrogens with one attached hydrogen (secondary N) is 1. The molecule has 40 heavy (non-hydrogen) atoms. The molecule has 0 saturated carbocycles. The zero-order valence-corrected chi connectivity index (χ0v) is 24.1. The van der Waals surface area contributed by atoms with Crippen LogP contribution in [0.25, 0.3) is 0 Å². The van der Waals surface area contributed by atoms with Gasteiger partial charge in [0.05, 0.1) is 5.69 Å². The second-order valence-electron chi connectivity index (χ2n) is 9.80. The van der Waals surface area contributed by atoms with E-state index in [2.05, 4.69) is 5.32 Å². The average Bonchev–Trinajstić information content (AvgIpc) is 2.95. The number of para-hydroxylation sites is 1. The number of benzene rings is 3. The van der Waals surface area contributed by atoms with E-state index < -0.39 is 34.5 Å². The van der Waals surface area contributed by atoms with Gasteiger partial charge in [-0.1, -0.05) is 67.6 Å². The minimum absolute atomic E-state index is 0.0187. The van der Waals surface area contributed by atoms with Crippen molar-refractivity contribution >= 4 is 27.7 Å². The third-order valence-electron chi connectivity index (χ3n) is 6.60. The van der Waals surface area contributed by atoms with Gasteiger partial charge in [0.1, 0.15) is 18.4 Å². The molecule has 0 heterocycles. The monoisotopic (exact) mass is 568 g/mol. The third-order valence-corrected chi connectivity index (χ3v) is 8.42. The van der Waals surface area contributed by atoms with E-state index >= 15 is 0 Å². The van der Waals surface area contributed by atoms with Crippen molar-refractivity contribution in [2.24, 2.45) is 0 Å². The van der Waals surface area contributed by atoms with Crippen molar-refractivity contribution in [1.29, 1.82) is 0 Å². The summed E-state index contributed by atoms with van der Waals surface area (Å²) in [6.07, 6.45) is 0.903. The topological polar surface area (TPSA) is 90.0 Å². The number of hydrogen-bond donors (Lipinski definition) is 1. The summed E-state index contributed by atoms with van der Waals surface area (Å²) in [5.74, 6) is -1.35. The Morgan fingerprint density at radius 3 is 2.00 bits per heavy atom. The number of amides is 2. The maximum absolute atomic E-state index is 14.1. The molecule has 1 N–H and O–H groups in total. The van der Waals surface area contributed by atoms with Gasteiger partial charge in [0.15, 0.2) is 0 Å². The predicted molar refractivity (Wildman–Crippen MR) is 155 cm³/mol. The second kappa shape index (κ2) is 14.0. The number of carbonyl (C=O) groups is 2. The van der Waals surface area contributed by atoms with Gasteiger partial charge in [0, 0.05) is 33.1 Å². The smallest absolute Gasteiger partial charge is 0.304 e. The van der Waals surface area contributed by atoms with Gasteiger partial charge in [-0.15, -0.1) is 0 Å². The Hall–Kier alpha value is -3.76. The molecule has 0 spiro atoms. The zero-order chi connectivity index (χ0) is 29.3. The van der Waals surface area contributed by atoms with Crippen LogP contribution >= 0.6 is 0 Å². The first-order chi connectivity index (χ1) is 19.0. The first-order valence-corrected chi connectivity index (χ1v) is 14.6. The standard InChI is InChI=1S/C30H37FN4O4S/c1-5-23(2)32-30(37)28(20-24-12-8-6-9-13-24)34(21-25-16-18-26(31)19-17-25)29(36)22-35(40(38,39)33(3)4)27-14-10-7-11-15-27/h6-19,23,28H,5,20-22H2,1-4H3,(H,32,37)/t23-,28+/m1/s1. The molecule has 0 unspecified atom stereocenters. The van der Waals surface area contributed by atoms with Crippen molar-refractivity contribution in [1.82, 2.24) is 14.5 Å². The van der Waals surface area contributed by atoms with Gasteiger partial charge in [-0.2, -0.15) is 12.7 Å². The molecule has 0 radical (unpaired) electrons. The highest BCUT2D eigenvalue weighted by Crippen LogP contribution is 2.21. The molecule has 0 bridgehead atoms. The molecule has 0 saturated heterocycles. The summed E-state index contributed by atoms with van der Waals surface area (Å²) in [6, 6.07) is 22.2. The Kier molecular flexibility index (Phi) is 10.8. The maximum atomic E-state index is 14.1. The summed E-state index contributed by atoms with van der Waals surface area (Å²) in [4.78, 5) is 29.2. The number of carbonyl (C=O) groups excluding carboxylic acids is 2. The molecule has 3 rings (SSSR count). The highest BCUT2D eigenvalue weighted by molar-refractivity contribution is 7.90. The Balaban J connectivity index is 2.07. The molecule has 10 heteroatoms. The first kappa shape index (κ1) is 30.8. The second-order valence-corrected chi connectivity index (χ2v) is 11.9. The normalized spacial score (nSPS) is 12.9. The van der Waals surface area contributed by atoms with Crippen molar-refractivity contribution in [3.8, 4) is 0 Å². The average molecular weight is 569 g/mol. The van der Waals surface area contributed by atoms with Crippen molar-refractivity contribution in [2.45, 2.75) is 45.3 Å².